The van der Waals surface area contributed by atoms with Crippen molar-refractivity contribution in [1.29, 1.82) is 0 Å². The number of hydrogen-bond donors (Lipinski definition) is 2. The first kappa shape index (κ1) is 14.9. The molecule has 2 N–H and O–H groups in total. The summed E-state index contributed by atoms with van der Waals surface area (Å²) < 4.78 is 1.08. The molecule has 0 amide bonds. The van der Waals surface area contributed by atoms with Crippen LogP contribution in [-0.4, -0.2) is 41.0 Å². The van der Waals surface area contributed by atoms with E-state index in [0.717, 1.165) is 59.6 Å². The molecule has 0 atom stereocenters. The molecular weight excluding hydrogens is 352 g/mol. The van der Waals surface area contributed by atoms with Crippen LogP contribution in [0.4, 0.5) is 0 Å². The van der Waals surface area contributed by atoms with Crippen LogP contribution >= 0.6 is 15.9 Å². The van der Waals surface area contributed by atoms with Gasteiger partial charge in [0.25, 0.3) is 0 Å². The van der Waals surface area contributed by atoms with Gasteiger partial charge in [-0.1, -0.05) is 34.1 Å². The van der Waals surface area contributed by atoms with Gasteiger partial charge in [0, 0.05) is 42.8 Å². The van der Waals surface area contributed by atoms with Gasteiger partial charge < -0.3 is 10.3 Å². The van der Waals surface area contributed by atoms with E-state index in [4.69, 9.17) is 4.98 Å². The molecule has 0 aliphatic carbocycles. The standard InChI is InChI=1S/C18H19BrN4/c19-15-4-2-14(3-5-15)18-21-16-6-1-13(11-17(16)22-18)12-23-9-7-20-8-10-23/h1-6,11,20H,7-10,12H2,(H,21,22). The lowest BCUT2D eigenvalue weighted by atomic mass is 10.2. The van der Waals surface area contributed by atoms with Crippen LogP contribution in [0.15, 0.2) is 46.9 Å². The lowest BCUT2D eigenvalue weighted by Crippen LogP contribution is -2.42. The first-order valence-corrected chi connectivity index (χ1v) is 8.75. The smallest absolute Gasteiger partial charge is 0.138 e. The number of aromatic amines is 1. The summed E-state index contributed by atoms with van der Waals surface area (Å²) in [4.78, 5) is 10.6. The van der Waals surface area contributed by atoms with E-state index in [1.165, 1.54) is 5.56 Å². The summed E-state index contributed by atoms with van der Waals surface area (Å²) in [7, 11) is 0. The van der Waals surface area contributed by atoms with E-state index in [0.29, 0.717) is 0 Å². The van der Waals surface area contributed by atoms with E-state index in [9.17, 15) is 0 Å². The molecule has 0 unspecified atom stereocenters. The van der Waals surface area contributed by atoms with Crippen molar-refractivity contribution < 1.29 is 0 Å². The minimum Gasteiger partial charge on any atom is -0.338 e. The van der Waals surface area contributed by atoms with Crippen LogP contribution in [0.2, 0.25) is 0 Å². The number of nitrogens with one attached hydrogen (secondary N) is 2. The Bertz CT molecular complexity index is 804. The van der Waals surface area contributed by atoms with Crippen LogP contribution in [0.5, 0.6) is 0 Å². The van der Waals surface area contributed by atoms with Crippen molar-refractivity contribution >= 4 is 27.0 Å². The molecule has 2 aromatic carbocycles. The van der Waals surface area contributed by atoms with Crippen LogP contribution in [-0.2, 0) is 6.54 Å². The number of imidazole rings is 1. The highest BCUT2D eigenvalue weighted by Gasteiger charge is 2.11. The van der Waals surface area contributed by atoms with Gasteiger partial charge in [-0.2, -0.15) is 0 Å². The summed E-state index contributed by atoms with van der Waals surface area (Å²) in [5, 5.41) is 3.39. The van der Waals surface area contributed by atoms with Gasteiger partial charge in [0.1, 0.15) is 5.82 Å². The Kier molecular flexibility index (Phi) is 4.16. The van der Waals surface area contributed by atoms with Gasteiger partial charge in [-0.05, 0) is 29.8 Å². The normalized spacial score (nSPS) is 16.0. The van der Waals surface area contributed by atoms with E-state index < -0.39 is 0 Å². The second-order valence-corrected chi connectivity index (χ2v) is 6.89. The zero-order chi connectivity index (χ0) is 15.6. The fraction of sp³-hybridized carbons (Fsp3) is 0.278. The molecule has 1 fully saturated rings. The molecule has 0 saturated carbocycles. The summed E-state index contributed by atoms with van der Waals surface area (Å²) in [5.74, 6) is 0.923. The number of halogens is 1. The Balaban J connectivity index is 1.60. The summed E-state index contributed by atoms with van der Waals surface area (Å²) >= 11 is 3.47. The highest BCUT2D eigenvalue weighted by molar-refractivity contribution is 9.10. The number of fused-ring (bicyclic) bond motifs is 1. The number of nitrogens with zero attached hydrogens (tertiary/aromatic N) is 2. The second kappa shape index (κ2) is 6.43. The molecule has 1 aliphatic rings. The van der Waals surface area contributed by atoms with Crippen molar-refractivity contribution in [2.45, 2.75) is 6.54 Å². The van der Waals surface area contributed by atoms with E-state index >= 15 is 0 Å². The first-order valence-electron chi connectivity index (χ1n) is 7.95. The zero-order valence-corrected chi connectivity index (χ0v) is 14.4. The topological polar surface area (TPSA) is 44.0 Å². The Labute approximate surface area is 144 Å². The van der Waals surface area contributed by atoms with Gasteiger partial charge in [-0.15, -0.1) is 0 Å². The largest absolute Gasteiger partial charge is 0.338 e. The second-order valence-electron chi connectivity index (χ2n) is 5.97. The first-order chi connectivity index (χ1) is 11.3. The molecule has 118 valence electrons. The molecular formula is C18H19BrN4. The molecule has 1 saturated heterocycles. The maximum Gasteiger partial charge on any atom is 0.138 e. The SMILES string of the molecule is Brc1ccc(-c2nc3ccc(CN4CCNCC4)cc3[nH]2)cc1. The molecule has 23 heavy (non-hydrogen) atoms. The average molecular weight is 371 g/mol. The number of benzene rings is 2. The van der Waals surface area contributed by atoms with E-state index in [1.807, 2.05) is 12.1 Å². The molecule has 1 aromatic heterocycles. The van der Waals surface area contributed by atoms with Crippen molar-refractivity contribution in [3.63, 3.8) is 0 Å². The zero-order valence-electron chi connectivity index (χ0n) is 12.8. The van der Waals surface area contributed by atoms with E-state index in [-0.39, 0.29) is 0 Å². The minimum absolute atomic E-state index is 0.923. The number of aromatic nitrogens is 2. The number of piperazine rings is 1. The maximum atomic E-state index is 4.71. The maximum absolute atomic E-state index is 4.71. The van der Waals surface area contributed by atoms with Crippen molar-refractivity contribution in [3.8, 4) is 11.4 Å². The van der Waals surface area contributed by atoms with Gasteiger partial charge in [0.15, 0.2) is 0 Å². The third kappa shape index (κ3) is 3.32. The third-order valence-electron chi connectivity index (χ3n) is 4.28. The van der Waals surface area contributed by atoms with Crippen LogP contribution in [0.25, 0.3) is 22.4 Å². The van der Waals surface area contributed by atoms with E-state index in [2.05, 4.69) is 61.5 Å². The van der Waals surface area contributed by atoms with Crippen LogP contribution in [0, 0.1) is 0 Å². The molecule has 0 bridgehead atoms. The van der Waals surface area contributed by atoms with Crippen molar-refractivity contribution in [2.75, 3.05) is 26.2 Å². The lowest BCUT2D eigenvalue weighted by Gasteiger charge is -2.27. The number of hydrogen-bond acceptors (Lipinski definition) is 3. The fourth-order valence-electron chi connectivity index (χ4n) is 3.03. The number of rotatable bonds is 3. The third-order valence-corrected chi connectivity index (χ3v) is 4.81. The van der Waals surface area contributed by atoms with Crippen molar-refractivity contribution in [3.05, 3.63) is 52.5 Å². The van der Waals surface area contributed by atoms with Gasteiger partial charge >= 0.3 is 0 Å². The molecule has 2 heterocycles. The summed E-state index contributed by atoms with van der Waals surface area (Å²) in [5.41, 5.74) is 4.57. The molecule has 1 aliphatic heterocycles. The molecule has 0 radical (unpaired) electrons. The summed E-state index contributed by atoms with van der Waals surface area (Å²) in [6.45, 7) is 5.40. The predicted octanol–water partition coefficient (Wildman–Crippen LogP) is 3.40. The molecule has 4 nitrogen and oxygen atoms in total. The van der Waals surface area contributed by atoms with Gasteiger partial charge in [-0.25, -0.2) is 4.98 Å². The summed E-state index contributed by atoms with van der Waals surface area (Å²) in [6.07, 6.45) is 0. The molecule has 3 aromatic rings. The molecule has 0 spiro atoms. The van der Waals surface area contributed by atoms with Crippen LogP contribution in [0.3, 0.4) is 0 Å². The monoisotopic (exact) mass is 370 g/mol. The van der Waals surface area contributed by atoms with Crippen molar-refractivity contribution in [2.24, 2.45) is 0 Å². The van der Waals surface area contributed by atoms with Crippen LogP contribution in [0.1, 0.15) is 5.56 Å². The van der Waals surface area contributed by atoms with Gasteiger partial charge in [-0.3, -0.25) is 4.90 Å². The predicted molar refractivity (Wildman–Crippen MR) is 97.4 cm³/mol. The minimum atomic E-state index is 0.923. The highest BCUT2D eigenvalue weighted by Crippen LogP contribution is 2.23. The lowest BCUT2D eigenvalue weighted by molar-refractivity contribution is 0.233. The van der Waals surface area contributed by atoms with Crippen LogP contribution < -0.4 is 5.32 Å². The average Bonchev–Trinajstić information content (AvgIpc) is 3.00. The Hall–Kier alpha value is -1.69. The van der Waals surface area contributed by atoms with E-state index in [1.54, 1.807) is 0 Å². The fourth-order valence-corrected chi connectivity index (χ4v) is 3.29. The Morgan fingerprint density at radius 1 is 1.04 bits per heavy atom. The Morgan fingerprint density at radius 2 is 1.83 bits per heavy atom. The molecule has 5 heteroatoms. The highest BCUT2D eigenvalue weighted by atomic mass is 79.9. The Morgan fingerprint density at radius 3 is 2.61 bits per heavy atom. The quantitative estimate of drug-likeness (QED) is 0.742. The van der Waals surface area contributed by atoms with Gasteiger partial charge in [0.2, 0.25) is 0 Å². The molecule has 4 rings (SSSR count). The van der Waals surface area contributed by atoms with Gasteiger partial charge in [0.05, 0.1) is 11.0 Å². The van der Waals surface area contributed by atoms with Crippen molar-refractivity contribution in [1.82, 2.24) is 20.2 Å². The number of H-pyrrole nitrogens is 1. The summed E-state index contributed by atoms with van der Waals surface area (Å²) in [6, 6.07) is 14.8.